The zero-order chi connectivity index (χ0) is 19.2. The fourth-order valence-electron chi connectivity index (χ4n) is 2.59. The number of terminal acetylenes is 1. The number of hydrogen-bond donors (Lipinski definition) is 1. The summed E-state index contributed by atoms with van der Waals surface area (Å²) in [4.78, 5) is 23.6. The predicted molar refractivity (Wildman–Crippen MR) is 84.3 cm³/mol. The Bertz CT molecular complexity index is 1190. The van der Waals surface area contributed by atoms with Gasteiger partial charge in [-0.2, -0.15) is 0 Å². The summed E-state index contributed by atoms with van der Waals surface area (Å²) in [5.41, 5.74) is -3.46. The van der Waals surface area contributed by atoms with Crippen molar-refractivity contribution >= 4 is 16.9 Å². The van der Waals surface area contributed by atoms with E-state index in [9.17, 15) is 32.3 Å². The van der Waals surface area contributed by atoms with Gasteiger partial charge in [0.15, 0.2) is 11.6 Å². The van der Waals surface area contributed by atoms with Gasteiger partial charge in [-0.1, -0.05) is 5.92 Å². The number of carbonyl (C=O) groups is 1. The second-order valence-corrected chi connectivity index (χ2v) is 5.23. The summed E-state index contributed by atoms with van der Waals surface area (Å²) >= 11 is 0. The van der Waals surface area contributed by atoms with Crippen molar-refractivity contribution in [2.75, 3.05) is 0 Å². The van der Waals surface area contributed by atoms with E-state index in [0.717, 1.165) is 22.9 Å². The lowest BCUT2D eigenvalue weighted by molar-refractivity contribution is 0.0695. The highest BCUT2D eigenvalue weighted by Gasteiger charge is 2.22. The van der Waals surface area contributed by atoms with E-state index < -0.39 is 62.4 Å². The second kappa shape index (κ2) is 6.04. The van der Waals surface area contributed by atoms with Gasteiger partial charge < -0.3 is 9.67 Å². The summed E-state index contributed by atoms with van der Waals surface area (Å²) < 4.78 is 56.0. The zero-order valence-corrected chi connectivity index (χ0v) is 12.7. The van der Waals surface area contributed by atoms with E-state index >= 15 is 0 Å². The predicted octanol–water partition coefficient (Wildman–Crippen LogP) is 3.23. The molecule has 130 valence electrons. The SMILES string of the molecule is C#Cc1c(F)c(F)cc2c(=O)c(C(=O)O)cn(-c3ccc(F)cc3F)c12. The number of aromatic nitrogens is 1. The van der Waals surface area contributed by atoms with Crippen molar-refractivity contribution in [1.29, 1.82) is 0 Å². The third kappa shape index (κ3) is 2.50. The van der Waals surface area contributed by atoms with E-state index in [4.69, 9.17) is 6.42 Å². The van der Waals surface area contributed by atoms with Gasteiger partial charge in [0.05, 0.1) is 22.2 Å². The third-order valence-electron chi connectivity index (χ3n) is 3.72. The Balaban J connectivity index is 2.62. The normalized spacial score (nSPS) is 10.7. The van der Waals surface area contributed by atoms with Crippen LogP contribution in [0, 0.1) is 35.6 Å². The highest BCUT2D eigenvalue weighted by atomic mass is 19.2. The first kappa shape index (κ1) is 17.2. The van der Waals surface area contributed by atoms with Crippen LogP contribution in [0.25, 0.3) is 16.6 Å². The molecule has 0 spiro atoms. The minimum atomic E-state index is -1.67. The number of pyridine rings is 1. The average molecular weight is 361 g/mol. The first-order valence-corrected chi connectivity index (χ1v) is 6.99. The van der Waals surface area contributed by atoms with E-state index in [1.807, 2.05) is 5.92 Å². The molecule has 0 radical (unpaired) electrons. The Morgan fingerprint density at radius 3 is 2.38 bits per heavy atom. The van der Waals surface area contributed by atoms with E-state index in [1.54, 1.807) is 0 Å². The number of fused-ring (bicyclic) bond motifs is 1. The van der Waals surface area contributed by atoms with Crippen LogP contribution in [0.1, 0.15) is 15.9 Å². The standard InChI is InChI=1S/C18H7F4NO3/c1-2-9-15(22)13(21)6-10-16(9)23(7-11(17(10)24)18(25)26)14-4-3-8(19)5-12(14)20/h1,3-7H,(H,25,26). The number of carboxylic acids is 1. The van der Waals surface area contributed by atoms with E-state index in [0.29, 0.717) is 12.1 Å². The van der Waals surface area contributed by atoms with E-state index in [-0.39, 0.29) is 0 Å². The van der Waals surface area contributed by atoms with Crippen LogP contribution in [0.5, 0.6) is 0 Å². The average Bonchev–Trinajstić information content (AvgIpc) is 2.57. The largest absolute Gasteiger partial charge is 0.477 e. The summed E-state index contributed by atoms with van der Waals surface area (Å²) in [5, 5.41) is 8.63. The molecule has 3 rings (SSSR count). The Kier molecular flexibility index (Phi) is 4.00. The number of rotatable bonds is 2. The maximum atomic E-state index is 14.2. The minimum Gasteiger partial charge on any atom is -0.477 e. The minimum absolute atomic E-state index is 0.401. The Labute approximate surface area is 142 Å². The van der Waals surface area contributed by atoms with Gasteiger partial charge >= 0.3 is 5.97 Å². The maximum Gasteiger partial charge on any atom is 0.341 e. The summed E-state index contributed by atoms with van der Waals surface area (Å²) in [7, 11) is 0. The second-order valence-electron chi connectivity index (χ2n) is 5.23. The maximum absolute atomic E-state index is 14.2. The van der Waals surface area contributed by atoms with Gasteiger partial charge in [0.1, 0.15) is 17.2 Å². The van der Waals surface area contributed by atoms with E-state index in [1.165, 1.54) is 0 Å². The first-order chi connectivity index (χ1) is 12.3. The van der Waals surface area contributed by atoms with Crippen LogP contribution < -0.4 is 5.43 Å². The van der Waals surface area contributed by atoms with Crippen molar-refractivity contribution in [3.63, 3.8) is 0 Å². The molecule has 4 nitrogen and oxygen atoms in total. The third-order valence-corrected chi connectivity index (χ3v) is 3.72. The van der Waals surface area contributed by atoms with Crippen LogP contribution in [-0.4, -0.2) is 15.6 Å². The van der Waals surface area contributed by atoms with Crippen molar-refractivity contribution < 1.29 is 27.5 Å². The van der Waals surface area contributed by atoms with Gasteiger partial charge in [-0.25, -0.2) is 22.4 Å². The molecule has 1 heterocycles. The van der Waals surface area contributed by atoms with Gasteiger partial charge in [0.25, 0.3) is 0 Å². The van der Waals surface area contributed by atoms with Gasteiger partial charge in [0.2, 0.25) is 5.43 Å². The van der Waals surface area contributed by atoms with Crippen molar-refractivity contribution in [3.8, 4) is 18.0 Å². The van der Waals surface area contributed by atoms with Gasteiger partial charge in [0, 0.05) is 12.3 Å². The molecule has 0 aliphatic heterocycles. The highest BCUT2D eigenvalue weighted by Crippen LogP contribution is 2.26. The molecule has 0 aliphatic carbocycles. The molecule has 2 aromatic carbocycles. The fourth-order valence-corrected chi connectivity index (χ4v) is 2.59. The number of benzene rings is 2. The summed E-state index contributed by atoms with van der Waals surface area (Å²) in [6, 6.07) is 2.81. The first-order valence-electron chi connectivity index (χ1n) is 6.99. The molecule has 0 unspecified atom stereocenters. The lowest BCUT2D eigenvalue weighted by Gasteiger charge is -2.15. The molecule has 0 saturated heterocycles. The van der Waals surface area contributed by atoms with Crippen molar-refractivity contribution in [3.05, 3.63) is 75.1 Å². The molecule has 8 heteroatoms. The number of nitrogens with zero attached hydrogens (tertiary/aromatic N) is 1. The molecule has 26 heavy (non-hydrogen) atoms. The van der Waals surface area contributed by atoms with Crippen molar-refractivity contribution in [2.45, 2.75) is 0 Å². The molecular formula is C18H7F4NO3. The monoisotopic (exact) mass is 361 g/mol. The highest BCUT2D eigenvalue weighted by molar-refractivity contribution is 5.95. The Morgan fingerprint density at radius 1 is 1.12 bits per heavy atom. The lowest BCUT2D eigenvalue weighted by Crippen LogP contribution is -2.20. The number of carboxylic acid groups (broad SMARTS) is 1. The topological polar surface area (TPSA) is 59.3 Å². The van der Waals surface area contributed by atoms with Crippen LogP contribution in [0.3, 0.4) is 0 Å². The van der Waals surface area contributed by atoms with Gasteiger partial charge in [-0.3, -0.25) is 4.79 Å². The van der Waals surface area contributed by atoms with E-state index in [2.05, 4.69) is 0 Å². The zero-order valence-electron chi connectivity index (χ0n) is 12.7. The number of halogens is 4. The van der Waals surface area contributed by atoms with Gasteiger partial charge in [-0.05, 0) is 18.2 Å². The molecule has 0 bridgehead atoms. The lowest BCUT2D eigenvalue weighted by atomic mass is 10.0. The molecule has 0 saturated carbocycles. The summed E-state index contributed by atoms with van der Waals surface area (Å²) in [5.74, 6) is -4.75. The van der Waals surface area contributed by atoms with Crippen LogP contribution in [0.4, 0.5) is 17.6 Å². The smallest absolute Gasteiger partial charge is 0.341 e. The molecule has 0 atom stereocenters. The van der Waals surface area contributed by atoms with Crippen molar-refractivity contribution in [2.24, 2.45) is 0 Å². The number of aromatic carboxylic acids is 1. The molecule has 1 N–H and O–H groups in total. The molecule has 0 amide bonds. The summed E-state index contributed by atoms with van der Waals surface area (Å²) in [6.45, 7) is 0. The molecule has 1 aromatic heterocycles. The van der Waals surface area contributed by atoms with Crippen molar-refractivity contribution in [1.82, 2.24) is 4.57 Å². The Hall–Kier alpha value is -3.60. The molecular weight excluding hydrogens is 354 g/mol. The molecule has 0 fully saturated rings. The van der Waals surface area contributed by atoms with Crippen LogP contribution in [0.15, 0.2) is 35.3 Å². The summed E-state index contributed by atoms with van der Waals surface area (Å²) in [6.07, 6.45) is 5.92. The fraction of sp³-hybridized carbons (Fsp3) is 0. The Morgan fingerprint density at radius 2 is 1.81 bits per heavy atom. The quantitative estimate of drug-likeness (QED) is 0.563. The molecule has 3 aromatic rings. The van der Waals surface area contributed by atoms with Crippen LogP contribution in [-0.2, 0) is 0 Å². The van der Waals surface area contributed by atoms with Crippen LogP contribution in [0.2, 0.25) is 0 Å². The molecule has 0 aliphatic rings. The van der Waals surface area contributed by atoms with Gasteiger partial charge in [-0.15, -0.1) is 6.42 Å². The van der Waals surface area contributed by atoms with Crippen LogP contribution >= 0.6 is 0 Å². The number of hydrogen-bond acceptors (Lipinski definition) is 2.